The van der Waals surface area contributed by atoms with E-state index in [2.05, 4.69) is 43.9 Å². The molecule has 1 heterocycles. The first kappa shape index (κ1) is 30.2. The first-order chi connectivity index (χ1) is 17.6. The highest BCUT2D eigenvalue weighted by molar-refractivity contribution is 7.89. The Morgan fingerprint density at radius 3 is 2.29 bits per heavy atom. The zero-order valence-electron chi connectivity index (χ0n) is 23.8. The van der Waals surface area contributed by atoms with E-state index < -0.39 is 42.5 Å². The zero-order valence-corrected chi connectivity index (χ0v) is 25.8. The number of β-lactam (4-membered cyclic amide) rings is 1. The number of rotatable bonds is 11. The van der Waals surface area contributed by atoms with Crippen LogP contribution in [0.25, 0.3) is 0 Å². The number of Topliss-reactive ketones (excluding diaryl/α,β-unsaturated/α-hetero) is 1. The summed E-state index contributed by atoms with van der Waals surface area (Å²) >= 11 is 0. The highest BCUT2D eigenvalue weighted by Gasteiger charge is 2.59. The molecule has 0 unspecified atom stereocenters. The number of sulfonamides is 1. The number of carbonyl (C=O) groups excluding carboxylic acids is 2. The molecule has 2 N–H and O–H groups in total. The van der Waals surface area contributed by atoms with Crippen molar-refractivity contribution in [2.24, 2.45) is 17.3 Å². The van der Waals surface area contributed by atoms with Gasteiger partial charge in [-0.25, -0.2) is 13.1 Å². The molecule has 38 heavy (non-hydrogen) atoms. The third kappa shape index (κ3) is 6.27. The highest BCUT2D eigenvalue weighted by Crippen LogP contribution is 2.46. The lowest BCUT2D eigenvalue weighted by Gasteiger charge is -2.55. The van der Waals surface area contributed by atoms with Crippen LogP contribution in [0.3, 0.4) is 0 Å². The Morgan fingerprint density at radius 1 is 1.11 bits per heavy atom. The van der Waals surface area contributed by atoms with E-state index in [1.165, 1.54) is 12.1 Å². The molecule has 0 aliphatic carbocycles. The first-order valence-electron chi connectivity index (χ1n) is 13.2. The quantitative estimate of drug-likeness (QED) is 0.244. The molecule has 0 radical (unpaired) electrons. The molecule has 4 atom stereocenters. The van der Waals surface area contributed by atoms with Crippen molar-refractivity contribution in [2.45, 2.75) is 77.6 Å². The summed E-state index contributed by atoms with van der Waals surface area (Å²) < 4.78 is 35.2. The van der Waals surface area contributed by atoms with Gasteiger partial charge in [0.15, 0.2) is 14.8 Å². The molecule has 1 saturated heterocycles. The van der Waals surface area contributed by atoms with E-state index in [0.717, 1.165) is 5.56 Å². The van der Waals surface area contributed by atoms with Crippen molar-refractivity contribution in [1.82, 2.24) is 10.0 Å². The van der Waals surface area contributed by atoms with Gasteiger partial charge in [0.05, 0.1) is 22.5 Å². The lowest BCUT2D eigenvalue weighted by Crippen LogP contribution is -2.72. The van der Waals surface area contributed by atoms with Gasteiger partial charge in [0.25, 0.3) is 0 Å². The molecule has 1 amide bonds. The lowest BCUT2D eigenvalue weighted by atomic mass is 9.62. The van der Waals surface area contributed by atoms with Crippen LogP contribution in [0, 0.1) is 24.2 Å². The number of benzene rings is 2. The second-order valence-electron chi connectivity index (χ2n) is 11.8. The minimum atomic E-state index is -3.80. The molecule has 1 fully saturated rings. The van der Waals surface area contributed by atoms with Crippen LogP contribution < -0.4 is 10.0 Å². The van der Waals surface area contributed by atoms with Crippen LogP contribution >= 0.6 is 0 Å². The lowest BCUT2D eigenvalue weighted by molar-refractivity contribution is -0.161. The Hall–Kier alpha value is -2.33. The van der Waals surface area contributed by atoms with Crippen molar-refractivity contribution in [3.05, 3.63) is 65.2 Å². The van der Waals surface area contributed by atoms with E-state index in [4.69, 9.17) is 4.43 Å². The maximum absolute atomic E-state index is 13.7. The van der Waals surface area contributed by atoms with E-state index in [1.54, 1.807) is 19.9 Å². The first-order valence-corrected chi connectivity index (χ1v) is 17.5. The van der Waals surface area contributed by atoms with E-state index >= 15 is 0 Å². The van der Waals surface area contributed by atoms with Gasteiger partial charge in [0, 0.05) is 18.0 Å². The largest absolute Gasteiger partial charge is 0.414 e. The molecule has 1 aliphatic heterocycles. The van der Waals surface area contributed by atoms with E-state index in [9.17, 15) is 18.0 Å². The summed E-state index contributed by atoms with van der Waals surface area (Å²) in [6, 6.07) is 13.9. The van der Waals surface area contributed by atoms with Crippen LogP contribution in [-0.4, -0.2) is 47.3 Å². The third-order valence-corrected chi connectivity index (χ3v) is 10.2. The smallest absolute Gasteiger partial charge is 0.240 e. The number of carbonyl (C=O) groups is 2. The van der Waals surface area contributed by atoms with Gasteiger partial charge in [-0.05, 0) is 62.0 Å². The van der Waals surface area contributed by atoms with Crippen LogP contribution in [0.1, 0.15) is 56.1 Å². The topological polar surface area (TPSA) is 102 Å². The van der Waals surface area contributed by atoms with Crippen molar-refractivity contribution >= 4 is 30.8 Å². The van der Waals surface area contributed by atoms with Crippen molar-refractivity contribution in [3.63, 3.8) is 0 Å². The average Bonchev–Trinajstić information content (AvgIpc) is 2.81. The normalized spacial score (nSPS) is 20.4. The number of nitrogens with one attached hydrogen (secondary N) is 2. The summed E-state index contributed by atoms with van der Waals surface area (Å²) in [4.78, 5) is 26.6. The Balaban J connectivity index is 1.82. The molecule has 7 nitrogen and oxygen atoms in total. The SMILES string of the molecule is Cc1ccc(S(=O)(=O)NCCc2ccccc2)cc1C(=O)[C@H](C)[C@H]1NC(=O)[C@@H]1[C@@](C)(O[SiH](C)C)C(C)(C)C. The van der Waals surface area contributed by atoms with Gasteiger partial charge in [-0.2, -0.15) is 0 Å². The molecule has 2 aromatic carbocycles. The second-order valence-corrected chi connectivity index (χ2v) is 15.9. The molecular weight excluding hydrogens is 516 g/mol. The maximum atomic E-state index is 13.7. The van der Waals surface area contributed by atoms with Crippen LogP contribution in [0.4, 0.5) is 0 Å². The summed E-state index contributed by atoms with van der Waals surface area (Å²) in [6.45, 7) is 16.2. The van der Waals surface area contributed by atoms with E-state index in [1.807, 2.05) is 37.3 Å². The summed E-state index contributed by atoms with van der Waals surface area (Å²) in [5.41, 5.74) is 1.00. The summed E-state index contributed by atoms with van der Waals surface area (Å²) in [7, 11) is -5.31. The zero-order chi connectivity index (χ0) is 28.5. The van der Waals surface area contributed by atoms with Gasteiger partial charge < -0.3 is 9.74 Å². The van der Waals surface area contributed by atoms with Gasteiger partial charge in [-0.3, -0.25) is 9.59 Å². The van der Waals surface area contributed by atoms with Gasteiger partial charge in [-0.1, -0.05) is 64.1 Å². The number of hydrogen-bond donors (Lipinski definition) is 2. The molecule has 0 saturated carbocycles. The van der Waals surface area contributed by atoms with Gasteiger partial charge >= 0.3 is 0 Å². The predicted octanol–water partition coefficient (Wildman–Crippen LogP) is 4.25. The highest BCUT2D eigenvalue weighted by atomic mass is 32.2. The van der Waals surface area contributed by atoms with Crippen LogP contribution in [-0.2, 0) is 25.7 Å². The average molecular weight is 559 g/mol. The van der Waals surface area contributed by atoms with Crippen LogP contribution in [0.15, 0.2) is 53.4 Å². The Kier molecular flexibility index (Phi) is 9.08. The fraction of sp³-hybridized carbons (Fsp3) is 0.517. The van der Waals surface area contributed by atoms with Crippen molar-refractivity contribution < 1.29 is 22.4 Å². The number of amides is 1. The van der Waals surface area contributed by atoms with Crippen molar-refractivity contribution in [1.29, 1.82) is 0 Å². The molecular formula is C29H42N2O5SSi. The molecule has 208 valence electrons. The van der Waals surface area contributed by atoms with Crippen molar-refractivity contribution in [3.8, 4) is 0 Å². The fourth-order valence-electron chi connectivity index (χ4n) is 5.12. The molecule has 1 aliphatic rings. The Labute approximate surface area is 229 Å². The Morgan fingerprint density at radius 2 is 1.74 bits per heavy atom. The Bertz CT molecular complexity index is 1270. The molecule has 0 bridgehead atoms. The van der Waals surface area contributed by atoms with Gasteiger partial charge in [0.2, 0.25) is 15.9 Å². The monoisotopic (exact) mass is 558 g/mol. The number of hydrogen-bond acceptors (Lipinski definition) is 5. The van der Waals surface area contributed by atoms with Gasteiger partial charge in [0.1, 0.15) is 0 Å². The molecule has 0 aromatic heterocycles. The van der Waals surface area contributed by atoms with Gasteiger partial charge in [-0.15, -0.1) is 0 Å². The minimum absolute atomic E-state index is 0.0505. The molecule has 0 spiro atoms. The van der Waals surface area contributed by atoms with Crippen molar-refractivity contribution in [2.75, 3.05) is 6.54 Å². The maximum Gasteiger partial charge on any atom is 0.240 e. The third-order valence-electron chi connectivity index (χ3n) is 7.80. The summed E-state index contributed by atoms with van der Waals surface area (Å²) in [6.07, 6.45) is 0.561. The summed E-state index contributed by atoms with van der Waals surface area (Å²) in [5, 5.41) is 2.95. The second kappa shape index (κ2) is 11.4. The number of ketones is 1. The standard InChI is InChI=1S/C29H42N2O5SSi/c1-19-14-15-22(37(34,35)30-17-16-21-12-10-9-11-13-21)18-23(19)26(32)20(2)25-24(27(33)31-25)29(6,28(3,4)5)36-38(7)8/h9-15,18,20,24-25,30,38H,16-17H2,1-8H3,(H,31,33)/t20-,24-,25-,29-/m1/s1. The van der Waals surface area contributed by atoms with Crippen LogP contribution in [0.5, 0.6) is 0 Å². The van der Waals surface area contributed by atoms with E-state index in [-0.39, 0.29) is 28.5 Å². The fourth-order valence-corrected chi connectivity index (χ4v) is 7.65. The predicted molar refractivity (Wildman–Crippen MR) is 153 cm³/mol. The van der Waals surface area contributed by atoms with Crippen LogP contribution in [0.2, 0.25) is 13.1 Å². The van der Waals surface area contributed by atoms with E-state index in [0.29, 0.717) is 17.5 Å². The molecule has 3 rings (SSSR count). The molecule has 2 aromatic rings. The molecule has 9 heteroatoms. The minimum Gasteiger partial charge on any atom is -0.414 e. The number of aryl methyl sites for hydroxylation is 1. The summed E-state index contributed by atoms with van der Waals surface area (Å²) in [5.74, 6) is -1.35.